The van der Waals surface area contributed by atoms with Crippen molar-refractivity contribution < 1.29 is 14.3 Å². The second-order valence-electron chi connectivity index (χ2n) is 5.07. The molecule has 26 heavy (non-hydrogen) atoms. The first-order valence-electron chi connectivity index (χ1n) is 7.47. The van der Waals surface area contributed by atoms with Gasteiger partial charge in [-0.2, -0.15) is 10.4 Å². The Kier molecular flexibility index (Phi) is 7.45. The normalized spacial score (nSPS) is 10.4. The number of carbonyl (C=O) groups excluding carboxylic acids is 1. The van der Waals surface area contributed by atoms with Crippen molar-refractivity contribution in [3.8, 4) is 17.6 Å². The van der Waals surface area contributed by atoms with Crippen LogP contribution in [0.15, 0.2) is 46.0 Å². The van der Waals surface area contributed by atoms with Gasteiger partial charge in [-0.25, -0.2) is 5.43 Å². The maximum Gasteiger partial charge on any atom is 0.254 e. The lowest BCUT2D eigenvalue weighted by atomic mass is 10.2. The smallest absolute Gasteiger partial charge is 0.254 e. The summed E-state index contributed by atoms with van der Waals surface area (Å²) in [4.78, 5) is 11.2. The first-order chi connectivity index (χ1) is 12.5. The number of ether oxygens (including phenoxy) is 2. The molecule has 0 aliphatic rings. The Morgan fingerprint density at radius 1 is 1.35 bits per heavy atom. The molecular weight excluding hydrogens is 422 g/mol. The molecule has 8 heteroatoms. The zero-order chi connectivity index (χ0) is 18.9. The number of carbonyl (C=O) groups is 1. The first-order valence-corrected chi connectivity index (χ1v) is 8.64. The van der Waals surface area contributed by atoms with Gasteiger partial charge < -0.3 is 9.47 Å². The lowest BCUT2D eigenvalue weighted by Gasteiger charge is -2.13. The predicted octanol–water partition coefficient (Wildman–Crippen LogP) is 4.05. The van der Waals surface area contributed by atoms with Gasteiger partial charge in [-0.1, -0.05) is 23.7 Å². The van der Waals surface area contributed by atoms with Crippen molar-refractivity contribution in [3.63, 3.8) is 0 Å². The highest BCUT2D eigenvalue weighted by molar-refractivity contribution is 9.10. The molecular formula is C18H15BrClN3O3. The summed E-state index contributed by atoms with van der Waals surface area (Å²) >= 11 is 9.31. The molecule has 0 unspecified atom stereocenters. The van der Waals surface area contributed by atoms with E-state index in [0.717, 1.165) is 5.56 Å². The number of hydrogen-bond donors (Lipinski definition) is 1. The quantitative estimate of drug-likeness (QED) is 0.524. The Morgan fingerprint density at radius 3 is 2.73 bits per heavy atom. The van der Waals surface area contributed by atoms with Crippen molar-refractivity contribution in [1.82, 2.24) is 5.43 Å². The van der Waals surface area contributed by atoms with Crippen LogP contribution in [0.4, 0.5) is 0 Å². The molecule has 0 aliphatic carbocycles. The average molecular weight is 437 g/mol. The number of nitrogens with one attached hydrogen (secondary N) is 1. The van der Waals surface area contributed by atoms with E-state index in [4.69, 9.17) is 26.3 Å². The second kappa shape index (κ2) is 9.80. The number of hydrazone groups is 1. The summed E-state index contributed by atoms with van der Waals surface area (Å²) in [5, 5.41) is 12.9. The van der Waals surface area contributed by atoms with Crippen LogP contribution < -0.4 is 14.9 Å². The van der Waals surface area contributed by atoms with Gasteiger partial charge in [0.05, 0.1) is 19.4 Å². The van der Waals surface area contributed by atoms with E-state index in [9.17, 15) is 4.79 Å². The Morgan fingerprint density at radius 2 is 2.08 bits per heavy atom. The van der Waals surface area contributed by atoms with Gasteiger partial charge in [-0.05, 0) is 45.8 Å². The van der Waals surface area contributed by atoms with Gasteiger partial charge in [-0.3, -0.25) is 4.79 Å². The van der Waals surface area contributed by atoms with Crippen LogP contribution in [0.3, 0.4) is 0 Å². The number of rotatable bonds is 7. The van der Waals surface area contributed by atoms with Gasteiger partial charge in [0.1, 0.15) is 13.0 Å². The van der Waals surface area contributed by atoms with Crippen molar-refractivity contribution in [2.75, 3.05) is 7.11 Å². The summed E-state index contributed by atoms with van der Waals surface area (Å²) in [5.74, 6) is 0.599. The van der Waals surface area contributed by atoms with E-state index in [1.54, 1.807) is 30.3 Å². The molecule has 0 heterocycles. The standard InChI is InChI=1S/C18H15BrClN3O3/c1-25-16-8-13(10-22-23-18(24)6-7-21)15(19)9-17(16)26-11-12-2-4-14(20)5-3-12/h2-5,8-10H,6,11H2,1H3,(H,23,24)/b22-10-. The highest BCUT2D eigenvalue weighted by atomic mass is 79.9. The highest BCUT2D eigenvalue weighted by Gasteiger charge is 2.10. The summed E-state index contributed by atoms with van der Waals surface area (Å²) in [6.07, 6.45) is 1.20. The van der Waals surface area contributed by atoms with E-state index < -0.39 is 5.91 Å². The molecule has 6 nitrogen and oxygen atoms in total. The molecule has 0 bridgehead atoms. The molecule has 0 radical (unpaired) electrons. The average Bonchev–Trinajstić information content (AvgIpc) is 2.63. The lowest BCUT2D eigenvalue weighted by molar-refractivity contribution is -0.120. The molecule has 0 fully saturated rings. The fourth-order valence-corrected chi connectivity index (χ4v) is 2.50. The van der Waals surface area contributed by atoms with E-state index in [-0.39, 0.29) is 6.42 Å². The third kappa shape index (κ3) is 5.76. The Bertz CT molecular complexity index is 848. The van der Waals surface area contributed by atoms with Crippen LogP contribution in [0.2, 0.25) is 5.02 Å². The Labute approximate surface area is 164 Å². The van der Waals surface area contributed by atoms with Gasteiger partial charge in [-0.15, -0.1) is 0 Å². The topological polar surface area (TPSA) is 83.7 Å². The zero-order valence-corrected chi connectivity index (χ0v) is 16.2. The van der Waals surface area contributed by atoms with Crippen molar-refractivity contribution in [2.24, 2.45) is 5.10 Å². The molecule has 0 saturated carbocycles. The minimum Gasteiger partial charge on any atom is -0.493 e. The third-order valence-corrected chi connectivity index (χ3v) is 4.16. The third-order valence-electron chi connectivity index (χ3n) is 3.22. The fourth-order valence-electron chi connectivity index (χ4n) is 1.95. The molecule has 0 aliphatic heterocycles. The van der Waals surface area contributed by atoms with Crippen LogP contribution >= 0.6 is 27.5 Å². The number of nitriles is 1. The van der Waals surface area contributed by atoms with E-state index in [1.807, 2.05) is 12.1 Å². The summed E-state index contributed by atoms with van der Waals surface area (Å²) in [6.45, 7) is 0.359. The van der Waals surface area contributed by atoms with Crippen molar-refractivity contribution >= 4 is 39.7 Å². The Balaban J connectivity index is 2.10. The fraction of sp³-hybridized carbons (Fsp3) is 0.167. The van der Waals surface area contributed by atoms with Crippen molar-refractivity contribution in [3.05, 3.63) is 57.0 Å². The monoisotopic (exact) mass is 435 g/mol. The second-order valence-corrected chi connectivity index (χ2v) is 6.36. The van der Waals surface area contributed by atoms with E-state index in [0.29, 0.717) is 33.2 Å². The van der Waals surface area contributed by atoms with Gasteiger partial charge in [0.2, 0.25) is 0 Å². The highest BCUT2D eigenvalue weighted by Crippen LogP contribution is 2.33. The molecule has 2 aromatic carbocycles. The van der Waals surface area contributed by atoms with E-state index >= 15 is 0 Å². The van der Waals surface area contributed by atoms with Gasteiger partial charge >= 0.3 is 0 Å². The summed E-state index contributed by atoms with van der Waals surface area (Å²) in [5.41, 5.74) is 3.92. The number of nitrogens with zero attached hydrogens (tertiary/aromatic N) is 2. The number of benzene rings is 2. The van der Waals surface area contributed by atoms with E-state index in [1.165, 1.54) is 13.3 Å². The Hall–Kier alpha value is -2.56. The predicted molar refractivity (Wildman–Crippen MR) is 102 cm³/mol. The van der Waals surface area contributed by atoms with Crippen LogP contribution in [0.25, 0.3) is 0 Å². The maximum absolute atomic E-state index is 11.2. The van der Waals surface area contributed by atoms with Crippen LogP contribution in [0, 0.1) is 11.3 Å². The largest absolute Gasteiger partial charge is 0.493 e. The minimum atomic E-state index is -0.477. The van der Waals surface area contributed by atoms with Crippen molar-refractivity contribution in [1.29, 1.82) is 5.26 Å². The molecule has 134 valence electrons. The minimum absolute atomic E-state index is 0.251. The lowest BCUT2D eigenvalue weighted by Crippen LogP contribution is -2.16. The molecule has 1 N–H and O–H groups in total. The molecule has 0 saturated heterocycles. The summed E-state index contributed by atoms with van der Waals surface area (Å²) in [7, 11) is 1.54. The molecule has 1 amide bonds. The van der Waals surface area contributed by atoms with Crippen LogP contribution in [0.1, 0.15) is 17.5 Å². The number of methoxy groups -OCH3 is 1. The molecule has 2 rings (SSSR count). The summed E-state index contributed by atoms with van der Waals surface area (Å²) < 4.78 is 11.9. The van der Waals surface area contributed by atoms with Crippen LogP contribution in [-0.4, -0.2) is 19.2 Å². The zero-order valence-electron chi connectivity index (χ0n) is 13.8. The summed E-state index contributed by atoms with van der Waals surface area (Å²) in [6, 6.07) is 12.6. The SMILES string of the molecule is COc1cc(/C=N\NC(=O)CC#N)c(Br)cc1OCc1ccc(Cl)cc1. The van der Waals surface area contributed by atoms with E-state index in [2.05, 4.69) is 26.5 Å². The molecule has 2 aromatic rings. The number of hydrogen-bond acceptors (Lipinski definition) is 5. The van der Waals surface area contributed by atoms with Gasteiger partial charge in [0, 0.05) is 15.1 Å². The van der Waals surface area contributed by atoms with Gasteiger partial charge in [0.25, 0.3) is 5.91 Å². The molecule has 0 aromatic heterocycles. The molecule has 0 spiro atoms. The first kappa shape index (κ1) is 19.8. The molecule has 0 atom stereocenters. The number of halogens is 2. The van der Waals surface area contributed by atoms with Crippen molar-refractivity contribution in [2.45, 2.75) is 13.0 Å². The van der Waals surface area contributed by atoms with Crippen LogP contribution in [0.5, 0.6) is 11.5 Å². The van der Waals surface area contributed by atoms with Crippen LogP contribution in [-0.2, 0) is 11.4 Å². The van der Waals surface area contributed by atoms with Gasteiger partial charge in [0.15, 0.2) is 11.5 Å². The maximum atomic E-state index is 11.2. The number of amides is 1.